The van der Waals surface area contributed by atoms with Crippen molar-refractivity contribution in [2.75, 3.05) is 24.3 Å². The topological polar surface area (TPSA) is 45.2 Å². The van der Waals surface area contributed by atoms with Gasteiger partial charge in [-0.05, 0) is 25.0 Å². The van der Waals surface area contributed by atoms with Crippen molar-refractivity contribution >= 4 is 17.4 Å². The molecule has 1 N–H and O–H groups in total. The Kier molecular flexibility index (Phi) is 3.61. The standard InChI is InChI=1S/C13H19N3O/c1-16(2)12-8-7-11(9-14-12)15-13(17)10-5-3-4-6-10/h7-10H,3-6H2,1-2H3,(H,15,17). The molecule has 0 unspecified atom stereocenters. The smallest absolute Gasteiger partial charge is 0.227 e. The van der Waals surface area contributed by atoms with Crippen molar-refractivity contribution in [2.24, 2.45) is 5.92 Å². The third-order valence-electron chi connectivity index (χ3n) is 3.20. The zero-order valence-electron chi connectivity index (χ0n) is 10.4. The van der Waals surface area contributed by atoms with Crippen LogP contribution in [0.5, 0.6) is 0 Å². The summed E-state index contributed by atoms with van der Waals surface area (Å²) in [6.45, 7) is 0. The maximum atomic E-state index is 11.9. The monoisotopic (exact) mass is 233 g/mol. The van der Waals surface area contributed by atoms with E-state index in [4.69, 9.17) is 0 Å². The average molecular weight is 233 g/mol. The van der Waals surface area contributed by atoms with E-state index in [9.17, 15) is 4.79 Å². The minimum Gasteiger partial charge on any atom is -0.363 e. The zero-order valence-corrected chi connectivity index (χ0v) is 10.4. The van der Waals surface area contributed by atoms with Gasteiger partial charge in [-0.1, -0.05) is 12.8 Å². The van der Waals surface area contributed by atoms with Gasteiger partial charge in [0, 0.05) is 20.0 Å². The quantitative estimate of drug-likeness (QED) is 0.871. The molecule has 0 bridgehead atoms. The van der Waals surface area contributed by atoms with Crippen LogP contribution in [-0.4, -0.2) is 25.0 Å². The lowest BCUT2D eigenvalue weighted by Crippen LogP contribution is -2.20. The number of nitrogens with zero attached hydrogens (tertiary/aromatic N) is 2. The van der Waals surface area contributed by atoms with Gasteiger partial charge in [0.25, 0.3) is 0 Å². The predicted octanol–water partition coefficient (Wildman–Crippen LogP) is 2.28. The van der Waals surface area contributed by atoms with Crippen LogP contribution in [-0.2, 0) is 4.79 Å². The van der Waals surface area contributed by atoms with Crippen molar-refractivity contribution in [1.82, 2.24) is 4.98 Å². The Morgan fingerprint density at radius 3 is 2.59 bits per heavy atom. The molecule has 0 aromatic carbocycles. The van der Waals surface area contributed by atoms with Gasteiger partial charge in [-0.25, -0.2) is 4.98 Å². The Hall–Kier alpha value is -1.58. The van der Waals surface area contributed by atoms with Crippen LogP contribution in [0, 0.1) is 5.92 Å². The molecule has 17 heavy (non-hydrogen) atoms. The van der Waals surface area contributed by atoms with Crippen LogP contribution in [0.4, 0.5) is 11.5 Å². The highest BCUT2D eigenvalue weighted by atomic mass is 16.1. The number of pyridine rings is 1. The van der Waals surface area contributed by atoms with Crippen molar-refractivity contribution in [1.29, 1.82) is 0 Å². The number of amides is 1. The highest BCUT2D eigenvalue weighted by molar-refractivity contribution is 5.92. The van der Waals surface area contributed by atoms with Gasteiger partial charge in [0.1, 0.15) is 5.82 Å². The Bertz CT molecular complexity index is 380. The number of hydrogen-bond acceptors (Lipinski definition) is 3. The van der Waals surface area contributed by atoms with Crippen molar-refractivity contribution < 1.29 is 4.79 Å². The summed E-state index contributed by atoms with van der Waals surface area (Å²) in [5.41, 5.74) is 0.785. The number of nitrogens with one attached hydrogen (secondary N) is 1. The second-order valence-corrected chi connectivity index (χ2v) is 4.77. The van der Waals surface area contributed by atoms with E-state index in [1.165, 1.54) is 12.8 Å². The highest BCUT2D eigenvalue weighted by Crippen LogP contribution is 2.26. The molecule has 1 heterocycles. The molecule has 0 aliphatic heterocycles. The molecule has 1 amide bonds. The van der Waals surface area contributed by atoms with Crippen molar-refractivity contribution in [2.45, 2.75) is 25.7 Å². The summed E-state index contributed by atoms with van der Waals surface area (Å²) < 4.78 is 0. The molecule has 4 nitrogen and oxygen atoms in total. The largest absolute Gasteiger partial charge is 0.363 e. The molecule has 1 aliphatic carbocycles. The van der Waals surface area contributed by atoms with Crippen LogP contribution in [0.15, 0.2) is 18.3 Å². The first kappa shape index (κ1) is 11.9. The van der Waals surface area contributed by atoms with Gasteiger partial charge in [-0.2, -0.15) is 0 Å². The van der Waals surface area contributed by atoms with E-state index in [1.54, 1.807) is 6.20 Å². The van der Waals surface area contributed by atoms with Gasteiger partial charge in [-0.15, -0.1) is 0 Å². The lowest BCUT2D eigenvalue weighted by molar-refractivity contribution is -0.119. The Morgan fingerprint density at radius 1 is 1.35 bits per heavy atom. The van der Waals surface area contributed by atoms with E-state index in [-0.39, 0.29) is 11.8 Å². The number of carbonyl (C=O) groups excluding carboxylic acids is 1. The summed E-state index contributed by atoms with van der Waals surface area (Å²) in [4.78, 5) is 18.1. The predicted molar refractivity (Wildman–Crippen MR) is 69.2 cm³/mol. The lowest BCUT2D eigenvalue weighted by Gasteiger charge is -2.13. The third-order valence-corrected chi connectivity index (χ3v) is 3.20. The fourth-order valence-electron chi connectivity index (χ4n) is 2.16. The van der Waals surface area contributed by atoms with E-state index in [1.807, 2.05) is 31.1 Å². The first-order valence-corrected chi connectivity index (χ1v) is 6.11. The molecule has 1 aliphatic rings. The molecule has 1 aromatic rings. The molecular formula is C13H19N3O. The van der Waals surface area contributed by atoms with Crippen molar-refractivity contribution in [3.05, 3.63) is 18.3 Å². The molecule has 0 saturated heterocycles. The van der Waals surface area contributed by atoms with E-state index in [0.29, 0.717) is 0 Å². The highest BCUT2D eigenvalue weighted by Gasteiger charge is 2.22. The maximum absolute atomic E-state index is 11.9. The summed E-state index contributed by atoms with van der Waals surface area (Å²) >= 11 is 0. The average Bonchev–Trinajstić information content (AvgIpc) is 2.83. The summed E-state index contributed by atoms with van der Waals surface area (Å²) in [6.07, 6.45) is 6.11. The molecule has 0 spiro atoms. The molecular weight excluding hydrogens is 214 g/mol. The number of aromatic nitrogens is 1. The molecule has 92 valence electrons. The fraction of sp³-hybridized carbons (Fsp3) is 0.538. The molecule has 1 aromatic heterocycles. The molecule has 4 heteroatoms. The minimum absolute atomic E-state index is 0.141. The maximum Gasteiger partial charge on any atom is 0.227 e. The van der Waals surface area contributed by atoms with Crippen LogP contribution in [0.2, 0.25) is 0 Å². The van der Waals surface area contributed by atoms with Crippen LogP contribution in [0.3, 0.4) is 0 Å². The number of rotatable bonds is 3. The van der Waals surface area contributed by atoms with Crippen molar-refractivity contribution in [3.8, 4) is 0 Å². The van der Waals surface area contributed by atoms with Crippen LogP contribution < -0.4 is 10.2 Å². The summed E-state index contributed by atoms with van der Waals surface area (Å²) in [5, 5.41) is 2.93. The van der Waals surface area contributed by atoms with Crippen LogP contribution in [0.1, 0.15) is 25.7 Å². The zero-order chi connectivity index (χ0) is 12.3. The number of hydrogen-bond donors (Lipinski definition) is 1. The Morgan fingerprint density at radius 2 is 2.06 bits per heavy atom. The van der Waals surface area contributed by atoms with Gasteiger partial charge in [0.2, 0.25) is 5.91 Å². The van der Waals surface area contributed by atoms with Gasteiger partial charge >= 0.3 is 0 Å². The lowest BCUT2D eigenvalue weighted by atomic mass is 10.1. The van der Waals surface area contributed by atoms with E-state index < -0.39 is 0 Å². The Labute approximate surface area is 102 Å². The number of carbonyl (C=O) groups is 1. The first-order chi connectivity index (χ1) is 8.16. The molecule has 1 fully saturated rings. The van der Waals surface area contributed by atoms with E-state index in [2.05, 4.69) is 10.3 Å². The fourth-order valence-corrected chi connectivity index (χ4v) is 2.16. The second-order valence-electron chi connectivity index (χ2n) is 4.77. The SMILES string of the molecule is CN(C)c1ccc(NC(=O)C2CCCC2)cn1. The molecule has 1 saturated carbocycles. The van der Waals surface area contributed by atoms with Crippen LogP contribution >= 0.6 is 0 Å². The normalized spacial score (nSPS) is 15.9. The summed E-state index contributed by atoms with van der Waals surface area (Å²) in [7, 11) is 3.89. The third kappa shape index (κ3) is 2.96. The minimum atomic E-state index is 0.141. The van der Waals surface area contributed by atoms with Crippen molar-refractivity contribution in [3.63, 3.8) is 0 Å². The van der Waals surface area contributed by atoms with Gasteiger partial charge < -0.3 is 10.2 Å². The van der Waals surface area contributed by atoms with E-state index >= 15 is 0 Å². The molecule has 0 radical (unpaired) electrons. The summed E-state index contributed by atoms with van der Waals surface area (Å²) in [5.74, 6) is 1.23. The molecule has 2 rings (SSSR count). The van der Waals surface area contributed by atoms with Gasteiger partial charge in [0.15, 0.2) is 0 Å². The van der Waals surface area contributed by atoms with E-state index in [0.717, 1.165) is 24.3 Å². The Balaban J connectivity index is 1.96. The van der Waals surface area contributed by atoms with Crippen LogP contribution in [0.25, 0.3) is 0 Å². The van der Waals surface area contributed by atoms with Gasteiger partial charge in [-0.3, -0.25) is 4.79 Å². The summed E-state index contributed by atoms with van der Waals surface area (Å²) in [6, 6.07) is 3.81. The first-order valence-electron chi connectivity index (χ1n) is 6.11. The molecule has 0 atom stereocenters. The van der Waals surface area contributed by atoms with Gasteiger partial charge in [0.05, 0.1) is 11.9 Å². The second kappa shape index (κ2) is 5.17. The number of anilines is 2.